The Morgan fingerprint density at radius 3 is 2.73 bits per heavy atom. The van der Waals surface area contributed by atoms with Crippen LogP contribution in [0.5, 0.6) is 0 Å². The average Bonchev–Trinajstić information content (AvgIpc) is 3.29. The molecule has 0 bridgehead atoms. The molecule has 26 heavy (non-hydrogen) atoms. The summed E-state index contributed by atoms with van der Waals surface area (Å²) in [5.74, 6) is -0.0320. The number of carbonyl (C=O) groups is 1. The normalized spacial score (nSPS) is 11.4. The molecule has 2 heterocycles. The third kappa shape index (κ3) is 3.58. The van der Waals surface area contributed by atoms with Crippen LogP contribution in [-0.2, 0) is 11.2 Å². The molecule has 4 aromatic rings. The summed E-state index contributed by atoms with van der Waals surface area (Å²) in [7, 11) is 0. The smallest absolute Gasteiger partial charge is 0.328 e. The predicted octanol–water partition coefficient (Wildman–Crippen LogP) is 4.98. The summed E-state index contributed by atoms with van der Waals surface area (Å²) in [4.78, 5) is 19.9. The van der Waals surface area contributed by atoms with Gasteiger partial charge < -0.3 is 10.1 Å². The number of fused-ring (bicyclic) bond motifs is 1. The highest BCUT2D eigenvalue weighted by Crippen LogP contribution is 2.27. The van der Waals surface area contributed by atoms with E-state index in [2.05, 4.69) is 39.6 Å². The van der Waals surface area contributed by atoms with Gasteiger partial charge in [-0.05, 0) is 46.3 Å². The number of H-pyrrole nitrogens is 1. The molecule has 2 aromatic carbocycles. The van der Waals surface area contributed by atoms with E-state index in [1.165, 1.54) is 10.4 Å². The monoisotopic (exact) mass is 360 g/mol. The van der Waals surface area contributed by atoms with Crippen molar-refractivity contribution >= 4 is 34.4 Å². The minimum atomic E-state index is -0.946. The first-order chi connectivity index (χ1) is 12.7. The molecule has 0 aliphatic rings. The summed E-state index contributed by atoms with van der Waals surface area (Å²) in [6.07, 6.45) is 3.42. The first-order valence-corrected chi connectivity index (χ1v) is 9.08. The van der Waals surface area contributed by atoms with Gasteiger partial charge in [0.2, 0.25) is 0 Å². The molecule has 0 unspecified atom stereocenters. The molecular formula is C21H16N2O2S. The van der Waals surface area contributed by atoms with Gasteiger partial charge in [0.1, 0.15) is 5.82 Å². The maximum atomic E-state index is 10.6. The zero-order valence-corrected chi connectivity index (χ0v) is 14.7. The Labute approximate surface area is 154 Å². The summed E-state index contributed by atoms with van der Waals surface area (Å²) in [5.41, 5.74) is 5.17. The second-order valence-electron chi connectivity index (χ2n) is 5.98. The number of benzene rings is 2. The number of aromatic nitrogens is 2. The number of hydrogen-bond donors (Lipinski definition) is 2. The highest BCUT2D eigenvalue weighted by atomic mass is 32.1. The predicted molar refractivity (Wildman–Crippen MR) is 105 cm³/mol. The summed E-state index contributed by atoms with van der Waals surface area (Å²) in [6.45, 7) is 0. The minimum Gasteiger partial charge on any atom is -0.478 e. The van der Waals surface area contributed by atoms with Crippen molar-refractivity contribution in [3.8, 4) is 10.4 Å². The molecule has 0 amide bonds. The topological polar surface area (TPSA) is 66.0 Å². The number of nitrogens with one attached hydrogen (secondary N) is 1. The average molecular weight is 360 g/mol. The lowest BCUT2D eigenvalue weighted by atomic mass is 10.1. The summed E-state index contributed by atoms with van der Waals surface area (Å²) < 4.78 is 0. The van der Waals surface area contributed by atoms with E-state index in [1.807, 2.05) is 30.3 Å². The minimum absolute atomic E-state index is 0.700. The largest absolute Gasteiger partial charge is 0.478 e. The quantitative estimate of drug-likeness (QED) is 0.493. The molecule has 0 atom stereocenters. The van der Waals surface area contributed by atoms with Crippen molar-refractivity contribution in [2.75, 3.05) is 0 Å². The van der Waals surface area contributed by atoms with Crippen LogP contribution in [0.1, 0.15) is 17.0 Å². The number of hydrogen-bond acceptors (Lipinski definition) is 3. The van der Waals surface area contributed by atoms with Gasteiger partial charge in [-0.3, -0.25) is 0 Å². The van der Waals surface area contributed by atoms with E-state index in [4.69, 9.17) is 5.11 Å². The van der Waals surface area contributed by atoms with E-state index in [0.29, 0.717) is 6.42 Å². The van der Waals surface area contributed by atoms with Crippen LogP contribution >= 0.6 is 11.3 Å². The van der Waals surface area contributed by atoms with Crippen LogP contribution in [-0.4, -0.2) is 21.0 Å². The van der Waals surface area contributed by atoms with E-state index in [-0.39, 0.29) is 0 Å². The van der Waals surface area contributed by atoms with Crippen LogP contribution in [0, 0.1) is 0 Å². The molecule has 2 N–H and O–H groups in total. The second kappa shape index (κ2) is 6.98. The van der Waals surface area contributed by atoms with Crippen LogP contribution in [0.3, 0.4) is 0 Å². The first-order valence-electron chi connectivity index (χ1n) is 8.20. The Bertz CT molecular complexity index is 1080. The van der Waals surface area contributed by atoms with Gasteiger partial charge in [0.05, 0.1) is 11.0 Å². The molecule has 4 rings (SSSR count). The molecular weight excluding hydrogens is 344 g/mol. The Morgan fingerprint density at radius 1 is 1.15 bits per heavy atom. The highest BCUT2D eigenvalue weighted by molar-refractivity contribution is 7.13. The molecule has 5 heteroatoms. The van der Waals surface area contributed by atoms with Gasteiger partial charge in [-0.1, -0.05) is 36.4 Å². The Kier molecular flexibility index (Phi) is 4.37. The van der Waals surface area contributed by atoms with E-state index in [1.54, 1.807) is 17.4 Å². The lowest BCUT2D eigenvalue weighted by molar-refractivity contribution is -0.131. The van der Waals surface area contributed by atoms with E-state index >= 15 is 0 Å². The van der Waals surface area contributed by atoms with Gasteiger partial charge >= 0.3 is 5.97 Å². The Hall–Kier alpha value is -3.18. The molecule has 0 fully saturated rings. The van der Waals surface area contributed by atoms with Crippen molar-refractivity contribution in [3.63, 3.8) is 0 Å². The van der Waals surface area contributed by atoms with Gasteiger partial charge in [-0.15, -0.1) is 11.3 Å². The van der Waals surface area contributed by atoms with E-state index in [0.717, 1.165) is 34.1 Å². The Morgan fingerprint density at radius 2 is 2.00 bits per heavy atom. The number of thiophene rings is 1. The molecule has 0 spiro atoms. The maximum Gasteiger partial charge on any atom is 0.328 e. The molecule has 2 aromatic heterocycles. The van der Waals surface area contributed by atoms with Crippen molar-refractivity contribution < 1.29 is 9.90 Å². The van der Waals surface area contributed by atoms with Crippen molar-refractivity contribution in [2.45, 2.75) is 6.42 Å². The number of rotatable bonds is 5. The second-order valence-corrected chi connectivity index (χ2v) is 6.93. The van der Waals surface area contributed by atoms with Crippen LogP contribution in [0.4, 0.5) is 0 Å². The van der Waals surface area contributed by atoms with Crippen LogP contribution < -0.4 is 0 Å². The third-order valence-corrected chi connectivity index (χ3v) is 5.03. The summed E-state index contributed by atoms with van der Waals surface area (Å²) in [5, 5.41) is 10.8. The van der Waals surface area contributed by atoms with Crippen molar-refractivity contribution in [3.05, 3.63) is 83.0 Å². The Balaban J connectivity index is 1.54. The number of nitrogens with zero attached hydrogens (tertiary/aromatic N) is 1. The number of aromatic amines is 1. The van der Waals surface area contributed by atoms with Crippen LogP contribution in [0.15, 0.2) is 66.1 Å². The lowest BCUT2D eigenvalue weighted by Gasteiger charge is -1.99. The third-order valence-electron chi connectivity index (χ3n) is 4.11. The van der Waals surface area contributed by atoms with Crippen LogP contribution in [0.2, 0.25) is 0 Å². The van der Waals surface area contributed by atoms with Gasteiger partial charge in [0.25, 0.3) is 0 Å². The standard InChI is InChI=1S/C21H16N2O2S/c24-21(25)10-7-14-3-5-15(6-4-14)12-20-22-17-9-8-16(13-18(17)23-20)19-2-1-11-26-19/h1-11,13H,12H2,(H,22,23)(H,24,25). The first kappa shape index (κ1) is 16.3. The van der Waals surface area contributed by atoms with Gasteiger partial charge in [-0.2, -0.15) is 0 Å². The molecule has 0 saturated carbocycles. The fourth-order valence-corrected chi connectivity index (χ4v) is 3.57. The molecule has 0 aliphatic carbocycles. The van der Waals surface area contributed by atoms with Crippen molar-refractivity contribution in [1.29, 1.82) is 0 Å². The molecule has 0 radical (unpaired) electrons. The van der Waals surface area contributed by atoms with Crippen LogP contribution in [0.25, 0.3) is 27.6 Å². The van der Waals surface area contributed by atoms with Gasteiger partial charge in [0, 0.05) is 17.4 Å². The number of aliphatic carboxylic acids is 1. The summed E-state index contributed by atoms with van der Waals surface area (Å²) in [6, 6.07) is 18.3. The van der Waals surface area contributed by atoms with Gasteiger partial charge in [-0.25, -0.2) is 9.78 Å². The fourth-order valence-electron chi connectivity index (χ4n) is 2.85. The van der Waals surface area contributed by atoms with Gasteiger partial charge in [0.15, 0.2) is 0 Å². The van der Waals surface area contributed by atoms with Crippen molar-refractivity contribution in [1.82, 2.24) is 9.97 Å². The number of imidazole rings is 1. The zero-order valence-electron chi connectivity index (χ0n) is 13.8. The molecule has 128 valence electrons. The molecule has 4 nitrogen and oxygen atoms in total. The van der Waals surface area contributed by atoms with E-state index in [9.17, 15) is 4.79 Å². The zero-order chi connectivity index (χ0) is 17.9. The molecule has 0 aliphatic heterocycles. The van der Waals surface area contributed by atoms with Crippen molar-refractivity contribution in [2.24, 2.45) is 0 Å². The fraction of sp³-hybridized carbons (Fsp3) is 0.0476. The van der Waals surface area contributed by atoms with E-state index < -0.39 is 5.97 Å². The highest BCUT2D eigenvalue weighted by Gasteiger charge is 2.06. The summed E-state index contributed by atoms with van der Waals surface area (Å²) >= 11 is 1.72. The lowest BCUT2D eigenvalue weighted by Crippen LogP contribution is -1.91. The number of carboxylic acids is 1. The number of carboxylic acid groups (broad SMARTS) is 1. The molecule has 0 saturated heterocycles. The maximum absolute atomic E-state index is 10.6. The SMILES string of the molecule is O=C(O)C=Cc1ccc(Cc2nc3ccc(-c4cccs4)cc3[nH]2)cc1.